The van der Waals surface area contributed by atoms with Crippen molar-refractivity contribution in [3.8, 4) is 11.3 Å². The van der Waals surface area contributed by atoms with Crippen LogP contribution in [0.3, 0.4) is 0 Å². The lowest BCUT2D eigenvalue weighted by molar-refractivity contribution is -0.131. The van der Waals surface area contributed by atoms with Gasteiger partial charge in [0.05, 0.1) is 12.2 Å². The zero-order valence-corrected chi connectivity index (χ0v) is 14.9. The molecule has 5 heteroatoms. The summed E-state index contributed by atoms with van der Waals surface area (Å²) in [4.78, 5) is 17.4. The van der Waals surface area contributed by atoms with E-state index < -0.39 is 5.60 Å². The third kappa shape index (κ3) is 2.10. The molecule has 5 nitrogen and oxygen atoms in total. The minimum absolute atomic E-state index is 0.0498. The topological polar surface area (TPSA) is 75.7 Å². The zero-order chi connectivity index (χ0) is 18.1. The van der Waals surface area contributed by atoms with E-state index in [1.807, 2.05) is 25.1 Å². The van der Waals surface area contributed by atoms with Crippen molar-refractivity contribution in [2.24, 2.45) is 0 Å². The summed E-state index contributed by atoms with van der Waals surface area (Å²) in [5, 5.41) is 0. The van der Waals surface area contributed by atoms with E-state index in [1.165, 1.54) is 0 Å². The van der Waals surface area contributed by atoms with Gasteiger partial charge in [0.15, 0.2) is 5.78 Å². The van der Waals surface area contributed by atoms with Crippen LogP contribution in [0.1, 0.15) is 43.7 Å². The van der Waals surface area contributed by atoms with Gasteiger partial charge in [0, 0.05) is 5.92 Å². The van der Waals surface area contributed by atoms with Gasteiger partial charge in [-0.05, 0) is 42.1 Å². The van der Waals surface area contributed by atoms with Gasteiger partial charge in [-0.2, -0.15) is 0 Å². The Kier molecular flexibility index (Phi) is 3.16. The summed E-state index contributed by atoms with van der Waals surface area (Å²) in [6, 6.07) is 9.88. The number of benzene rings is 1. The molecule has 2 bridgehead atoms. The van der Waals surface area contributed by atoms with Gasteiger partial charge < -0.3 is 20.2 Å². The van der Waals surface area contributed by atoms with Crippen LogP contribution in [0.5, 0.6) is 0 Å². The van der Waals surface area contributed by atoms with Crippen molar-refractivity contribution in [3.63, 3.8) is 0 Å². The Hall–Kier alpha value is -2.53. The summed E-state index contributed by atoms with van der Waals surface area (Å²) in [6.45, 7) is 4.69. The fourth-order valence-corrected chi connectivity index (χ4v) is 4.40. The average Bonchev–Trinajstić information content (AvgIpc) is 3.17. The number of fused-ring (bicyclic) bond motifs is 5. The molecule has 1 unspecified atom stereocenters. The highest BCUT2D eigenvalue weighted by Crippen LogP contribution is 2.49. The molecule has 1 saturated heterocycles. The highest BCUT2D eigenvalue weighted by atomic mass is 16.6. The van der Waals surface area contributed by atoms with Crippen molar-refractivity contribution in [3.05, 3.63) is 47.2 Å². The molecule has 2 aromatic rings. The van der Waals surface area contributed by atoms with Gasteiger partial charge in [0.25, 0.3) is 0 Å². The Labute approximate surface area is 152 Å². The molecule has 0 radical (unpaired) electrons. The Morgan fingerprint density at radius 1 is 1.27 bits per heavy atom. The molecule has 1 aromatic heterocycles. The van der Waals surface area contributed by atoms with Crippen LogP contribution < -0.4 is 10.7 Å². The van der Waals surface area contributed by atoms with Crippen LogP contribution in [0.15, 0.2) is 36.1 Å². The summed E-state index contributed by atoms with van der Waals surface area (Å²) in [5.41, 5.74) is 9.93. The lowest BCUT2D eigenvalue weighted by Gasteiger charge is -2.33. The predicted octanol–water partition coefficient (Wildman–Crippen LogP) is 3.26. The van der Waals surface area contributed by atoms with Gasteiger partial charge in [-0.25, -0.2) is 0 Å². The standard InChI is InChI=1S/C21H21N2O3/c1-11-10-25-20-18(19(24)16-7-8-21(20,2)26-16)13-4-3-12(9-14(11)13)15-5-6-17(22)23-15/h3-6,9,11,16H,7-8,10,22H2,1-2H3/q-1/t11?,16-,21+/m0/s1. The van der Waals surface area contributed by atoms with Crippen LogP contribution in [0.2, 0.25) is 0 Å². The van der Waals surface area contributed by atoms with Crippen molar-refractivity contribution in [1.29, 1.82) is 0 Å². The first-order chi connectivity index (χ1) is 12.5. The summed E-state index contributed by atoms with van der Waals surface area (Å²) in [5.74, 6) is 1.44. The van der Waals surface area contributed by atoms with E-state index in [4.69, 9.17) is 15.2 Å². The van der Waals surface area contributed by atoms with Crippen LogP contribution >= 0.6 is 0 Å². The SMILES string of the molecule is CC1COC2=C(C(=O)[C@@H]3CC[C@@]2(C)O3)c2ccc(-c3ccc(N)[n-]3)cc21. The van der Waals surface area contributed by atoms with E-state index in [0.29, 0.717) is 23.8 Å². The van der Waals surface area contributed by atoms with Crippen molar-refractivity contribution >= 4 is 17.2 Å². The second kappa shape index (κ2) is 5.24. The second-order valence-corrected chi connectivity index (χ2v) is 7.71. The van der Waals surface area contributed by atoms with Gasteiger partial charge in [-0.15, -0.1) is 0 Å². The summed E-state index contributed by atoms with van der Waals surface area (Å²) in [7, 11) is 0. The molecule has 0 aliphatic carbocycles. The number of nitrogen functional groups attached to an aromatic ring is 1. The predicted molar refractivity (Wildman–Crippen MR) is 98.4 cm³/mol. The number of carbonyl (C=O) groups excluding carboxylic acids is 1. The molecule has 5 rings (SSSR count). The first kappa shape index (κ1) is 15.7. The molecule has 3 aliphatic rings. The number of nitrogens with zero attached hydrogens (tertiary/aromatic N) is 1. The third-order valence-corrected chi connectivity index (χ3v) is 5.82. The molecular formula is C21H21N2O3-. The molecule has 0 amide bonds. The monoisotopic (exact) mass is 349 g/mol. The Bertz CT molecular complexity index is 958. The van der Waals surface area contributed by atoms with E-state index in [9.17, 15) is 4.79 Å². The maximum absolute atomic E-state index is 13.0. The molecular weight excluding hydrogens is 328 g/mol. The summed E-state index contributed by atoms with van der Waals surface area (Å²) in [6.07, 6.45) is 1.23. The Morgan fingerprint density at radius 3 is 2.88 bits per heavy atom. The number of ether oxygens (including phenoxy) is 2. The van der Waals surface area contributed by atoms with Gasteiger partial charge in [-0.3, -0.25) is 4.79 Å². The lowest BCUT2D eigenvalue weighted by Crippen LogP contribution is -2.38. The van der Waals surface area contributed by atoms with Crippen LogP contribution in [0.25, 0.3) is 16.8 Å². The smallest absolute Gasteiger partial charge is 0.195 e. The first-order valence-corrected chi connectivity index (χ1v) is 9.10. The minimum Gasteiger partial charge on any atom is -0.495 e. The maximum atomic E-state index is 13.0. The van der Waals surface area contributed by atoms with Gasteiger partial charge >= 0.3 is 0 Å². The molecule has 3 aliphatic heterocycles. The number of aromatic nitrogens is 1. The van der Waals surface area contributed by atoms with Gasteiger partial charge in [0.2, 0.25) is 0 Å². The molecule has 0 spiro atoms. The molecule has 1 aromatic carbocycles. The summed E-state index contributed by atoms with van der Waals surface area (Å²) < 4.78 is 12.2. The van der Waals surface area contributed by atoms with E-state index in [2.05, 4.69) is 18.0 Å². The molecule has 4 heterocycles. The number of hydrogen-bond acceptors (Lipinski definition) is 4. The highest BCUT2D eigenvalue weighted by Gasteiger charge is 2.52. The zero-order valence-electron chi connectivity index (χ0n) is 14.9. The molecule has 134 valence electrons. The summed E-state index contributed by atoms with van der Waals surface area (Å²) >= 11 is 0. The van der Waals surface area contributed by atoms with Crippen LogP contribution in [0.4, 0.5) is 5.82 Å². The Balaban J connectivity index is 1.70. The number of rotatable bonds is 1. The third-order valence-electron chi connectivity index (χ3n) is 5.82. The van der Waals surface area contributed by atoms with Crippen molar-refractivity contribution < 1.29 is 14.3 Å². The molecule has 26 heavy (non-hydrogen) atoms. The van der Waals surface area contributed by atoms with Gasteiger partial charge in [-0.1, -0.05) is 43.1 Å². The second-order valence-electron chi connectivity index (χ2n) is 7.71. The van der Waals surface area contributed by atoms with E-state index in [1.54, 1.807) is 6.07 Å². The number of anilines is 1. The van der Waals surface area contributed by atoms with Crippen molar-refractivity contribution in [2.45, 2.75) is 44.3 Å². The normalized spacial score (nSPS) is 29.8. The van der Waals surface area contributed by atoms with E-state index in [-0.39, 0.29) is 17.8 Å². The van der Waals surface area contributed by atoms with Crippen LogP contribution in [-0.2, 0) is 14.3 Å². The first-order valence-electron chi connectivity index (χ1n) is 9.10. The fraction of sp³-hybridized carbons (Fsp3) is 0.381. The average molecular weight is 349 g/mol. The highest BCUT2D eigenvalue weighted by molar-refractivity contribution is 6.25. The minimum atomic E-state index is -0.490. The number of carbonyl (C=O) groups is 1. The maximum Gasteiger partial charge on any atom is 0.195 e. The number of Topliss-reactive ketones (excluding diaryl/α,β-unsaturated/α-hetero) is 1. The molecule has 0 saturated carbocycles. The largest absolute Gasteiger partial charge is 0.495 e. The number of nitrogens with two attached hydrogens (primary N) is 1. The van der Waals surface area contributed by atoms with Crippen molar-refractivity contribution in [1.82, 2.24) is 4.98 Å². The molecule has 2 N–H and O–H groups in total. The van der Waals surface area contributed by atoms with Crippen molar-refractivity contribution in [2.75, 3.05) is 12.3 Å². The number of hydrogen-bond donors (Lipinski definition) is 1. The quantitative estimate of drug-likeness (QED) is 0.855. The molecule has 3 atom stereocenters. The number of ketones is 1. The van der Waals surface area contributed by atoms with E-state index >= 15 is 0 Å². The molecule has 1 fully saturated rings. The van der Waals surface area contributed by atoms with Crippen LogP contribution in [-0.4, -0.2) is 24.1 Å². The van der Waals surface area contributed by atoms with Crippen LogP contribution in [0, 0.1) is 0 Å². The van der Waals surface area contributed by atoms with E-state index in [0.717, 1.165) is 35.2 Å². The fourth-order valence-electron chi connectivity index (χ4n) is 4.40. The Morgan fingerprint density at radius 2 is 2.12 bits per heavy atom. The van der Waals surface area contributed by atoms with Gasteiger partial charge in [0.1, 0.15) is 17.5 Å². The lowest BCUT2D eigenvalue weighted by atomic mass is 9.85.